The van der Waals surface area contributed by atoms with Gasteiger partial charge in [-0.2, -0.15) is 0 Å². The quantitative estimate of drug-likeness (QED) is 0.276. The molecule has 2 aromatic heterocycles. The number of unbranched alkanes of at least 4 members (excludes halogenated alkanes) is 1. The summed E-state index contributed by atoms with van der Waals surface area (Å²) in [6.45, 7) is 8.48. The second kappa shape index (κ2) is 11.9. The number of anilines is 1. The summed E-state index contributed by atoms with van der Waals surface area (Å²) in [6, 6.07) is 15.9. The zero-order valence-corrected chi connectivity index (χ0v) is 20.9. The lowest BCUT2D eigenvalue weighted by Gasteiger charge is -2.13. The monoisotopic (exact) mass is 466 g/mol. The SMILES string of the molecule is CC.CCCCc1nc2c(NC)nc3cc(OSc4ccccc4)ccc3c2n1CC(C)O. The fraction of sp³-hybridized carbons (Fsp3) is 0.385. The number of aliphatic hydroxyl groups is 1. The van der Waals surface area contributed by atoms with Crippen molar-refractivity contribution in [3.05, 3.63) is 54.4 Å². The highest BCUT2D eigenvalue weighted by molar-refractivity contribution is 7.95. The molecule has 0 fully saturated rings. The van der Waals surface area contributed by atoms with Crippen LogP contribution in [0.25, 0.3) is 21.9 Å². The maximum Gasteiger partial charge on any atom is 0.154 e. The first-order valence-electron chi connectivity index (χ1n) is 11.7. The lowest BCUT2D eigenvalue weighted by atomic mass is 10.1. The van der Waals surface area contributed by atoms with Gasteiger partial charge < -0.3 is 19.2 Å². The van der Waals surface area contributed by atoms with Crippen molar-refractivity contribution >= 4 is 39.8 Å². The number of nitrogens with one attached hydrogen (secondary N) is 1. The summed E-state index contributed by atoms with van der Waals surface area (Å²) < 4.78 is 8.09. The molecule has 0 spiro atoms. The fourth-order valence-electron chi connectivity index (χ4n) is 3.70. The Balaban J connectivity index is 0.00000149. The molecule has 0 amide bonds. The van der Waals surface area contributed by atoms with Gasteiger partial charge in [0.2, 0.25) is 0 Å². The largest absolute Gasteiger partial charge is 0.421 e. The Labute approximate surface area is 200 Å². The van der Waals surface area contributed by atoms with E-state index < -0.39 is 6.10 Å². The Bertz CT molecular complexity index is 1180. The molecule has 0 aliphatic rings. The van der Waals surface area contributed by atoms with Crippen LogP contribution in [0.3, 0.4) is 0 Å². The van der Waals surface area contributed by atoms with Gasteiger partial charge in [0.15, 0.2) is 5.82 Å². The third-order valence-corrected chi connectivity index (χ3v) is 5.88. The molecule has 0 aliphatic heterocycles. The molecule has 4 aromatic rings. The van der Waals surface area contributed by atoms with Crippen LogP contribution in [0, 0.1) is 0 Å². The smallest absolute Gasteiger partial charge is 0.154 e. The van der Waals surface area contributed by atoms with Crippen molar-refractivity contribution in [2.45, 2.75) is 64.5 Å². The lowest BCUT2D eigenvalue weighted by Crippen LogP contribution is -2.14. The molecule has 0 aliphatic carbocycles. The number of benzene rings is 2. The van der Waals surface area contributed by atoms with Crippen LogP contribution >= 0.6 is 12.0 Å². The van der Waals surface area contributed by atoms with Crippen molar-refractivity contribution in [3.63, 3.8) is 0 Å². The van der Waals surface area contributed by atoms with E-state index in [0.717, 1.165) is 63.5 Å². The fourth-order valence-corrected chi connectivity index (χ4v) is 4.26. The van der Waals surface area contributed by atoms with Gasteiger partial charge >= 0.3 is 0 Å². The number of imidazole rings is 1. The summed E-state index contributed by atoms with van der Waals surface area (Å²) in [5.41, 5.74) is 2.68. The van der Waals surface area contributed by atoms with Crippen LogP contribution in [0.2, 0.25) is 0 Å². The molecule has 0 saturated carbocycles. The number of pyridine rings is 1. The molecular weight excluding hydrogens is 432 g/mol. The minimum absolute atomic E-state index is 0.469. The van der Waals surface area contributed by atoms with Gasteiger partial charge in [0.25, 0.3) is 0 Å². The molecule has 176 valence electrons. The highest BCUT2D eigenvalue weighted by Gasteiger charge is 2.19. The molecule has 0 radical (unpaired) electrons. The predicted molar refractivity (Wildman–Crippen MR) is 139 cm³/mol. The summed E-state index contributed by atoms with van der Waals surface area (Å²) >= 11 is 1.33. The topological polar surface area (TPSA) is 72.2 Å². The predicted octanol–water partition coefficient (Wildman–Crippen LogP) is 6.46. The van der Waals surface area contributed by atoms with E-state index in [0.29, 0.717) is 6.54 Å². The van der Waals surface area contributed by atoms with E-state index in [1.807, 2.05) is 76.3 Å². The standard InChI is InChI=1S/C24H28N4O2S.C2H6/c1-4-5-11-21-27-22-23(28(21)15-16(2)29)19-13-12-17(14-20(19)26-24(22)25-3)30-31-18-9-7-6-8-10-18;1-2/h6-10,12-14,16,29H,4-5,11,15H2,1-3H3,(H,25,26);1-2H3. The molecule has 33 heavy (non-hydrogen) atoms. The van der Waals surface area contributed by atoms with Gasteiger partial charge in [-0.3, -0.25) is 0 Å². The van der Waals surface area contributed by atoms with Crippen LogP contribution in [-0.2, 0) is 13.0 Å². The molecule has 4 rings (SSSR count). The lowest BCUT2D eigenvalue weighted by molar-refractivity contribution is 0.174. The second-order valence-corrected chi connectivity index (χ2v) is 8.46. The summed E-state index contributed by atoms with van der Waals surface area (Å²) in [7, 11) is 1.86. The van der Waals surface area contributed by atoms with Gasteiger partial charge in [-0.25, -0.2) is 9.97 Å². The van der Waals surface area contributed by atoms with E-state index in [2.05, 4.69) is 16.8 Å². The van der Waals surface area contributed by atoms with Gasteiger partial charge in [0.05, 0.1) is 35.7 Å². The Kier molecular flexibility index (Phi) is 8.97. The molecule has 2 aromatic carbocycles. The van der Waals surface area contributed by atoms with Crippen LogP contribution in [0.5, 0.6) is 5.75 Å². The average Bonchev–Trinajstić information content (AvgIpc) is 3.20. The van der Waals surface area contributed by atoms with Crippen LogP contribution < -0.4 is 9.50 Å². The van der Waals surface area contributed by atoms with Crippen molar-refractivity contribution in [2.75, 3.05) is 12.4 Å². The van der Waals surface area contributed by atoms with E-state index in [-0.39, 0.29) is 0 Å². The van der Waals surface area contributed by atoms with E-state index in [9.17, 15) is 5.11 Å². The van der Waals surface area contributed by atoms with Gasteiger partial charge in [0.1, 0.15) is 17.1 Å². The third kappa shape index (κ3) is 5.78. The molecule has 6 nitrogen and oxygen atoms in total. The first kappa shape index (κ1) is 24.9. The highest BCUT2D eigenvalue weighted by atomic mass is 32.2. The number of hydrogen-bond acceptors (Lipinski definition) is 6. The Hall–Kier alpha value is -2.77. The number of fused-ring (bicyclic) bond motifs is 3. The van der Waals surface area contributed by atoms with Gasteiger partial charge in [0, 0.05) is 29.8 Å². The maximum atomic E-state index is 10.2. The van der Waals surface area contributed by atoms with Crippen molar-refractivity contribution in [2.24, 2.45) is 0 Å². The van der Waals surface area contributed by atoms with E-state index >= 15 is 0 Å². The molecule has 1 atom stereocenters. The number of hydrogen-bond donors (Lipinski definition) is 2. The zero-order chi connectivity index (χ0) is 23.8. The third-order valence-electron chi connectivity index (χ3n) is 5.14. The molecule has 2 heterocycles. The summed E-state index contributed by atoms with van der Waals surface area (Å²) in [6.07, 6.45) is 2.55. The van der Waals surface area contributed by atoms with Crippen molar-refractivity contribution in [1.29, 1.82) is 0 Å². The van der Waals surface area contributed by atoms with Crippen molar-refractivity contribution in [1.82, 2.24) is 14.5 Å². The van der Waals surface area contributed by atoms with E-state index in [4.69, 9.17) is 14.2 Å². The maximum absolute atomic E-state index is 10.2. The first-order chi connectivity index (χ1) is 16.1. The van der Waals surface area contributed by atoms with Gasteiger partial charge in [-0.15, -0.1) is 0 Å². The van der Waals surface area contributed by atoms with E-state index in [1.165, 1.54) is 12.0 Å². The van der Waals surface area contributed by atoms with Crippen LogP contribution in [-0.4, -0.2) is 32.8 Å². The van der Waals surface area contributed by atoms with E-state index in [1.54, 1.807) is 0 Å². The molecule has 0 bridgehead atoms. The van der Waals surface area contributed by atoms with Crippen LogP contribution in [0.15, 0.2) is 53.4 Å². The molecule has 7 heteroatoms. The number of aliphatic hydroxyl groups excluding tert-OH is 1. The minimum atomic E-state index is -0.469. The number of aromatic nitrogens is 3. The van der Waals surface area contributed by atoms with Crippen LogP contribution in [0.1, 0.15) is 46.4 Å². The Morgan fingerprint density at radius 3 is 2.55 bits per heavy atom. The molecule has 2 N–H and O–H groups in total. The van der Waals surface area contributed by atoms with Gasteiger partial charge in [-0.1, -0.05) is 45.4 Å². The van der Waals surface area contributed by atoms with Gasteiger partial charge in [-0.05, 0) is 37.6 Å². The Morgan fingerprint density at radius 2 is 1.88 bits per heavy atom. The van der Waals surface area contributed by atoms with Crippen LogP contribution in [0.4, 0.5) is 5.82 Å². The summed E-state index contributed by atoms with van der Waals surface area (Å²) in [4.78, 5) is 10.8. The highest BCUT2D eigenvalue weighted by Crippen LogP contribution is 2.34. The average molecular weight is 467 g/mol. The Morgan fingerprint density at radius 1 is 1.12 bits per heavy atom. The second-order valence-electron chi connectivity index (χ2n) is 7.66. The van der Waals surface area contributed by atoms with Crippen molar-refractivity contribution < 1.29 is 9.29 Å². The minimum Gasteiger partial charge on any atom is -0.421 e. The summed E-state index contributed by atoms with van der Waals surface area (Å²) in [5.74, 6) is 2.46. The zero-order valence-electron chi connectivity index (χ0n) is 20.1. The van der Waals surface area contributed by atoms with Crippen molar-refractivity contribution in [3.8, 4) is 5.75 Å². The number of rotatable bonds is 9. The number of nitrogens with zero attached hydrogens (tertiary/aromatic N) is 3. The summed E-state index contributed by atoms with van der Waals surface area (Å²) in [5, 5.41) is 14.3. The molecule has 0 saturated heterocycles. The molecular formula is C26H34N4O2S. The molecule has 1 unspecified atom stereocenters. The first-order valence-corrected chi connectivity index (χ1v) is 12.4. The number of aryl methyl sites for hydroxylation is 1. The normalized spacial score (nSPS) is 11.8.